The molecule has 9 nitrogen and oxygen atoms in total. The standard InChI is InChI=1S/C25H34N4O5S/c1-16-13-17(2)23(18(3)14-16)35(33,34)29-21(25(31)32)15-28-22(30)8-6-4-5-7-19-9-11-20(12-10-19)24(26)27/h9-14,21,29H,4-8,15H2,1-3H3,(H3,26,27)(H,28,30)(H,31,32)/t21-/m0/s1. The highest BCUT2D eigenvalue weighted by Crippen LogP contribution is 2.22. The van der Waals surface area contributed by atoms with Gasteiger partial charge in [0.05, 0.1) is 4.90 Å². The zero-order valence-corrected chi connectivity index (χ0v) is 21.2. The molecule has 190 valence electrons. The number of aliphatic carboxylic acids is 1. The van der Waals surface area contributed by atoms with Gasteiger partial charge in [-0.15, -0.1) is 0 Å². The lowest BCUT2D eigenvalue weighted by Crippen LogP contribution is -2.48. The van der Waals surface area contributed by atoms with Crippen LogP contribution in [-0.4, -0.2) is 43.8 Å². The molecule has 0 aliphatic rings. The fourth-order valence-corrected chi connectivity index (χ4v) is 5.61. The maximum Gasteiger partial charge on any atom is 0.323 e. The molecule has 0 aliphatic heterocycles. The predicted molar refractivity (Wildman–Crippen MR) is 135 cm³/mol. The van der Waals surface area contributed by atoms with Crippen LogP contribution in [0.3, 0.4) is 0 Å². The van der Waals surface area contributed by atoms with Crippen LogP contribution in [0.1, 0.15) is 53.5 Å². The van der Waals surface area contributed by atoms with Crippen molar-refractivity contribution in [3.8, 4) is 0 Å². The van der Waals surface area contributed by atoms with Gasteiger partial charge in [-0.25, -0.2) is 8.42 Å². The molecule has 10 heteroatoms. The molecule has 0 fully saturated rings. The molecule has 35 heavy (non-hydrogen) atoms. The molecule has 2 aromatic carbocycles. The summed E-state index contributed by atoms with van der Waals surface area (Å²) in [6.07, 6.45) is 3.37. The highest BCUT2D eigenvalue weighted by molar-refractivity contribution is 7.89. The normalized spacial score (nSPS) is 12.2. The number of rotatable bonds is 13. The summed E-state index contributed by atoms with van der Waals surface area (Å²) in [7, 11) is -4.09. The van der Waals surface area contributed by atoms with Crippen LogP contribution in [0, 0.1) is 26.2 Å². The van der Waals surface area contributed by atoms with Crippen molar-refractivity contribution in [3.05, 3.63) is 64.2 Å². The third kappa shape index (κ3) is 8.48. The maximum absolute atomic E-state index is 12.9. The topological polar surface area (TPSA) is 162 Å². The molecule has 0 radical (unpaired) electrons. The minimum absolute atomic E-state index is 0.0286. The molecule has 6 N–H and O–H groups in total. The minimum Gasteiger partial charge on any atom is -0.480 e. The van der Waals surface area contributed by atoms with Crippen molar-refractivity contribution in [2.75, 3.05) is 6.54 Å². The average Bonchev–Trinajstić information content (AvgIpc) is 2.75. The van der Waals surface area contributed by atoms with Gasteiger partial charge < -0.3 is 16.2 Å². The second-order valence-corrected chi connectivity index (χ2v) is 10.4. The Kier molecular flexibility index (Phi) is 9.97. The van der Waals surface area contributed by atoms with Gasteiger partial charge in [0.25, 0.3) is 0 Å². The summed E-state index contributed by atoms with van der Waals surface area (Å²) in [6, 6.07) is 9.42. The summed E-state index contributed by atoms with van der Waals surface area (Å²) in [5.41, 5.74) is 9.20. The Bertz CT molecular complexity index is 1150. The van der Waals surface area contributed by atoms with Crippen LogP contribution in [0.5, 0.6) is 0 Å². The summed E-state index contributed by atoms with van der Waals surface area (Å²) in [6.45, 7) is 4.83. The first-order valence-corrected chi connectivity index (χ1v) is 12.9. The molecule has 0 aliphatic carbocycles. The highest BCUT2D eigenvalue weighted by atomic mass is 32.2. The van der Waals surface area contributed by atoms with E-state index in [1.807, 2.05) is 19.1 Å². The number of unbranched alkanes of at least 4 members (excludes halogenated alkanes) is 2. The number of nitrogens with one attached hydrogen (secondary N) is 3. The summed E-state index contributed by atoms with van der Waals surface area (Å²) in [5, 5.41) is 19.4. The third-order valence-corrected chi connectivity index (χ3v) is 7.38. The van der Waals surface area contributed by atoms with E-state index in [1.165, 1.54) is 0 Å². The number of benzene rings is 2. The monoisotopic (exact) mass is 502 g/mol. The first-order valence-electron chi connectivity index (χ1n) is 11.4. The molecule has 1 amide bonds. The van der Waals surface area contributed by atoms with Crippen molar-refractivity contribution in [1.29, 1.82) is 5.41 Å². The van der Waals surface area contributed by atoms with Gasteiger partial charge in [-0.2, -0.15) is 4.72 Å². The van der Waals surface area contributed by atoms with E-state index in [1.54, 1.807) is 38.1 Å². The lowest BCUT2D eigenvalue weighted by Gasteiger charge is -2.18. The van der Waals surface area contributed by atoms with E-state index in [0.29, 0.717) is 23.1 Å². The number of nitrogen functional groups attached to an aromatic ring is 1. The molecule has 1 atom stereocenters. The zero-order chi connectivity index (χ0) is 26.2. The van der Waals surface area contributed by atoms with E-state index in [2.05, 4.69) is 10.0 Å². The number of amidine groups is 1. The van der Waals surface area contributed by atoms with Gasteiger partial charge in [-0.1, -0.05) is 48.4 Å². The SMILES string of the molecule is Cc1cc(C)c(S(=O)(=O)N[C@@H](CNC(=O)CCCCCc2ccc(C(=N)N)cc2)C(=O)O)c(C)c1. The van der Waals surface area contributed by atoms with E-state index in [-0.39, 0.29) is 29.6 Å². The number of amides is 1. The Morgan fingerprint density at radius 2 is 1.63 bits per heavy atom. The van der Waals surface area contributed by atoms with Crippen LogP contribution in [0.4, 0.5) is 0 Å². The van der Waals surface area contributed by atoms with E-state index < -0.39 is 22.0 Å². The second kappa shape index (κ2) is 12.5. The summed E-state index contributed by atoms with van der Waals surface area (Å²) < 4.78 is 27.9. The Balaban J connectivity index is 1.81. The molecule has 0 aromatic heterocycles. The van der Waals surface area contributed by atoms with Gasteiger partial charge >= 0.3 is 5.97 Å². The minimum atomic E-state index is -4.09. The molecule has 0 saturated heterocycles. The van der Waals surface area contributed by atoms with Gasteiger partial charge in [0.2, 0.25) is 15.9 Å². The lowest BCUT2D eigenvalue weighted by molar-refractivity contribution is -0.138. The Morgan fingerprint density at radius 1 is 1.03 bits per heavy atom. The zero-order valence-electron chi connectivity index (χ0n) is 20.3. The van der Waals surface area contributed by atoms with Gasteiger partial charge in [-0.3, -0.25) is 15.0 Å². The van der Waals surface area contributed by atoms with Gasteiger partial charge in [0.15, 0.2) is 0 Å². The molecule has 0 heterocycles. The number of carboxylic acids is 1. The molecule has 2 aromatic rings. The maximum atomic E-state index is 12.9. The summed E-state index contributed by atoms with van der Waals surface area (Å²) in [4.78, 5) is 23.9. The molecule has 0 bridgehead atoms. The summed E-state index contributed by atoms with van der Waals surface area (Å²) in [5.74, 6) is -1.67. The number of carbonyl (C=O) groups excluding carboxylic acids is 1. The van der Waals surface area contributed by atoms with Crippen LogP contribution in [0.2, 0.25) is 0 Å². The van der Waals surface area contributed by atoms with Crippen molar-refractivity contribution >= 4 is 27.7 Å². The Morgan fingerprint density at radius 3 is 2.17 bits per heavy atom. The molecule has 0 unspecified atom stereocenters. The average molecular weight is 503 g/mol. The molecular weight excluding hydrogens is 468 g/mol. The second-order valence-electron chi connectivity index (χ2n) is 8.72. The van der Waals surface area contributed by atoms with Crippen molar-refractivity contribution in [1.82, 2.24) is 10.0 Å². The van der Waals surface area contributed by atoms with Gasteiger partial charge in [-0.05, 0) is 56.7 Å². The van der Waals surface area contributed by atoms with Crippen LogP contribution in [0.15, 0.2) is 41.3 Å². The quantitative estimate of drug-likeness (QED) is 0.161. The highest BCUT2D eigenvalue weighted by Gasteiger charge is 2.28. The van der Waals surface area contributed by atoms with Crippen LogP contribution in [-0.2, 0) is 26.0 Å². The number of carbonyl (C=O) groups is 2. The fourth-order valence-electron chi connectivity index (χ4n) is 3.96. The van der Waals surface area contributed by atoms with Crippen LogP contribution >= 0.6 is 0 Å². The Labute approximate surface area is 206 Å². The molecule has 0 spiro atoms. The van der Waals surface area contributed by atoms with Gasteiger partial charge in [0, 0.05) is 18.5 Å². The number of aryl methyl sites for hydroxylation is 4. The van der Waals surface area contributed by atoms with E-state index in [9.17, 15) is 23.1 Å². The van der Waals surface area contributed by atoms with Crippen molar-refractivity contribution < 1.29 is 23.1 Å². The van der Waals surface area contributed by atoms with E-state index >= 15 is 0 Å². The number of nitrogens with two attached hydrogens (primary N) is 1. The first kappa shape index (κ1) is 28.0. The molecule has 2 rings (SSSR count). The fraction of sp³-hybridized carbons (Fsp3) is 0.400. The Hall–Kier alpha value is -3.24. The van der Waals surface area contributed by atoms with Gasteiger partial charge in [0.1, 0.15) is 11.9 Å². The first-order chi connectivity index (χ1) is 16.4. The lowest BCUT2D eigenvalue weighted by atomic mass is 10.0. The largest absolute Gasteiger partial charge is 0.480 e. The van der Waals surface area contributed by atoms with Crippen molar-refractivity contribution in [2.45, 2.75) is 63.8 Å². The third-order valence-electron chi connectivity index (χ3n) is 5.61. The predicted octanol–water partition coefficient (Wildman–Crippen LogP) is 2.55. The van der Waals surface area contributed by atoms with E-state index in [4.69, 9.17) is 11.1 Å². The van der Waals surface area contributed by atoms with Crippen LogP contribution in [0.25, 0.3) is 0 Å². The number of hydrogen-bond donors (Lipinski definition) is 5. The van der Waals surface area contributed by atoms with Crippen LogP contribution < -0.4 is 15.8 Å². The van der Waals surface area contributed by atoms with E-state index in [0.717, 1.165) is 30.4 Å². The summed E-state index contributed by atoms with van der Waals surface area (Å²) >= 11 is 0. The molecular formula is C25H34N4O5S. The van der Waals surface area contributed by atoms with Crippen molar-refractivity contribution in [3.63, 3.8) is 0 Å². The number of carboxylic acid groups (broad SMARTS) is 1. The number of hydrogen-bond acceptors (Lipinski definition) is 5. The smallest absolute Gasteiger partial charge is 0.323 e. The molecule has 0 saturated carbocycles. The number of sulfonamides is 1. The van der Waals surface area contributed by atoms with Crippen molar-refractivity contribution in [2.24, 2.45) is 5.73 Å².